The summed E-state index contributed by atoms with van der Waals surface area (Å²) < 4.78 is 60.2. The maximum absolute atomic E-state index is 15.5. The number of ether oxygens (including phenoxy) is 2. The zero-order valence-corrected chi connectivity index (χ0v) is 35.3. The first kappa shape index (κ1) is 43.4. The molecular formula is C44H50F3N11O6. The standard InChI is InChI=1S/C44H50F3N11O6/c1-54-40-27(4-2-6-30(40)38(52-54)31-11-12-37(60)51-43(31)61)5-3-18-64-35-13-15-55(23-33(35)45)21-26-7-9-28(10-8-26)58-24-34(39(53-58)41(46)47)49-44(62)32-20-48-57-16-14-36(50-42(32)57)56-17-19-63-29(22-56)25-59/h2,4,6,14,16,20,24,26,28-29,31,33,35,41,59H,7-13,15,17-19,21-23,25H2,1H3,(H,49,62)(H,51,60,61)/t26?,28?,29-,31-,33-,35+/m0/s1. The van der Waals surface area contributed by atoms with Crippen LogP contribution in [0.1, 0.15) is 90.6 Å². The zero-order valence-electron chi connectivity index (χ0n) is 35.3. The fourth-order valence-corrected chi connectivity index (χ4v) is 9.49. The number of aliphatic hydroxyl groups is 1. The van der Waals surface area contributed by atoms with Gasteiger partial charge in [-0.15, -0.1) is 0 Å². The molecule has 4 aliphatic rings. The number of aromatic nitrogens is 7. The number of aryl methyl sites for hydroxylation is 1. The van der Waals surface area contributed by atoms with Gasteiger partial charge in [0.2, 0.25) is 11.8 Å². The molecule has 0 unspecified atom stereocenters. The van der Waals surface area contributed by atoms with Crippen molar-refractivity contribution in [1.29, 1.82) is 0 Å². The average Bonchev–Trinajstić information content (AvgIpc) is 4.01. The number of imide groups is 1. The number of benzene rings is 1. The van der Waals surface area contributed by atoms with Crippen LogP contribution < -0.4 is 15.5 Å². The largest absolute Gasteiger partial charge is 0.394 e. The van der Waals surface area contributed by atoms with Crippen LogP contribution in [-0.2, 0) is 26.1 Å². The summed E-state index contributed by atoms with van der Waals surface area (Å²) in [7, 11) is 1.79. The van der Waals surface area contributed by atoms with Crippen molar-refractivity contribution in [3.8, 4) is 11.8 Å². The lowest BCUT2D eigenvalue weighted by Gasteiger charge is -2.38. The summed E-state index contributed by atoms with van der Waals surface area (Å²) in [6, 6.07) is 7.22. The molecule has 64 heavy (non-hydrogen) atoms. The molecule has 20 heteroatoms. The van der Waals surface area contributed by atoms with E-state index < -0.39 is 36.2 Å². The maximum Gasteiger partial charge on any atom is 0.284 e. The Kier molecular flexibility index (Phi) is 12.7. The second-order valence-electron chi connectivity index (χ2n) is 17.0. The van der Waals surface area contributed by atoms with Crippen molar-refractivity contribution < 1.29 is 42.1 Å². The number of rotatable bonds is 11. The van der Waals surface area contributed by atoms with Crippen molar-refractivity contribution >= 4 is 45.8 Å². The molecule has 1 aromatic carbocycles. The molecule has 7 heterocycles. The predicted molar refractivity (Wildman–Crippen MR) is 227 cm³/mol. The van der Waals surface area contributed by atoms with Crippen LogP contribution in [0.4, 0.5) is 24.7 Å². The van der Waals surface area contributed by atoms with E-state index in [2.05, 4.69) is 47.7 Å². The van der Waals surface area contributed by atoms with Crippen LogP contribution in [-0.4, -0.2) is 133 Å². The predicted octanol–water partition coefficient (Wildman–Crippen LogP) is 3.93. The molecule has 9 rings (SSSR count). The number of likely N-dealkylation sites (tertiary alicyclic amines) is 1. The van der Waals surface area contributed by atoms with Crippen molar-refractivity contribution in [1.82, 2.24) is 44.4 Å². The molecule has 3 saturated heterocycles. The number of piperidine rings is 2. The Labute approximate surface area is 366 Å². The highest BCUT2D eigenvalue weighted by Crippen LogP contribution is 2.36. The number of nitrogens with zero attached hydrogens (tertiary/aromatic N) is 9. The minimum absolute atomic E-state index is 0.0522. The van der Waals surface area contributed by atoms with Crippen molar-refractivity contribution in [2.75, 3.05) is 62.8 Å². The van der Waals surface area contributed by atoms with E-state index in [0.717, 1.165) is 30.3 Å². The normalized spacial score (nSPS) is 24.6. The molecule has 4 atom stereocenters. The topological polar surface area (TPSA) is 186 Å². The Bertz CT molecular complexity index is 2590. The molecule has 338 valence electrons. The maximum atomic E-state index is 15.5. The summed E-state index contributed by atoms with van der Waals surface area (Å²) in [6.45, 7) is 2.95. The molecule has 3 aliphatic heterocycles. The molecule has 0 bridgehead atoms. The number of alkyl halides is 3. The van der Waals surface area contributed by atoms with Crippen LogP contribution in [0.15, 0.2) is 42.9 Å². The number of nitrogens with one attached hydrogen (secondary N) is 2. The van der Waals surface area contributed by atoms with Crippen molar-refractivity contribution in [2.45, 2.75) is 81.7 Å². The molecule has 0 radical (unpaired) electrons. The summed E-state index contributed by atoms with van der Waals surface area (Å²) in [4.78, 5) is 46.5. The molecule has 17 nitrogen and oxygen atoms in total. The summed E-state index contributed by atoms with van der Waals surface area (Å²) in [6.07, 6.45) is 3.64. The van der Waals surface area contributed by atoms with E-state index in [4.69, 9.17) is 9.47 Å². The number of halogens is 3. The van der Waals surface area contributed by atoms with Gasteiger partial charge in [0.25, 0.3) is 12.3 Å². The minimum Gasteiger partial charge on any atom is -0.394 e. The van der Waals surface area contributed by atoms with E-state index in [1.54, 1.807) is 24.0 Å². The van der Waals surface area contributed by atoms with E-state index in [-0.39, 0.29) is 67.0 Å². The SMILES string of the molecule is Cn1nc([C@@H]2CCC(=O)NC2=O)c2cccc(C#CCO[C@@H]3CCN(CC4CCC(n5cc(NC(=O)c6cnn7ccc(N8CCO[C@H](CO)C8)nc67)c(C(F)F)n5)CC4)C[C@@H]3F)c21. The lowest BCUT2D eigenvalue weighted by atomic mass is 9.85. The van der Waals surface area contributed by atoms with Crippen LogP contribution in [0.3, 0.4) is 0 Å². The van der Waals surface area contributed by atoms with Gasteiger partial charge in [-0.25, -0.2) is 22.7 Å². The number of hydrogen-bond donors (Lipinski definition) is 3. The van der Waals surface area contributed by atoms with Gasteiger partial charge >= 0.3 is 0 Å². The lowest BCUT2D eigenvalue weighted by molar-refractivity contribution is -0.134. The van der Waals surface area contributed by atoms with Crippen molar-refractivity contribution in [3.05, 3.63) is 65.4 Å². The molecule has 4 fully saturated rings. The Morgan fingerprint density at radius 2 is 1.94 bits per heavy atom. The van der Waals surface area contributed by atoms with E-state index in [1.165, 1.54) is 21.6 Å². The second kappa shape index (κ2) is 18.7. The highest BCUT2D eigenvalue weighted by atomic mass is 19.3. The average molecular weight is 886 g/mol. The summed E-state index contributed by atoms with van der Waals surface area (Å²) in [5.41, 5.74) is 1.87. The van der Waals surface area contributed by atoms with Gasteiger partial charge in [0.05, 0.1) is 66.0 Å². The number of morpholine rings is 1. The van der Waals surface area contributed by atoms with Gasteiger partial charge in [-0.3, -0.25) is 34.0 Å². The number of aliphatic hydroxyl groups excluding tert-OH is 1. The number of anilines is 2. The van der Waals surface area contributed by atoms with Crippen LogP contribution in [0, 0.1) is 17.8 Å². The first-order chi connectivity index (χ1) is 31.0. The number of carbonyl (C=O) groups is 3. The highest BCUT2D eigenvalue weighted by Gasteiger charge is 2.34. The number of para-hydroxylation sites is 1. The van der Waals surface area contributed by atoms with Crippen molar-refractivity contribution in [3.63, 3.8) is 0 Å². The molecule has 3 N–H and O–H groups in total. The number of carbonyl (C=O) groups excluding carboxylic acids is 3. The minimum atomic E-state index is -2.92. The number of amides is 3. The Hall–Kier alpha value is -5.88. The van der Waals surface area contributed by atoms with Gasteiger partial charge in [-0.2, -0.15) is 15.3 Å². The Morgan fingerprint density at radius 3 is 2.72 bits per heavy atom. The van der Waals surface area contributed by atoms with Gasteiger partial charge in [0, 0.05) is 64.0 Å². The molecular weight excluding hydrogens is 836 g/mol. The first-order valence-electron chi connectivity index (χ1n) is 21.8. The third kappa shape index (κ3) is 9.07. The fourth-order valence-electron chi connectivity index (χ4n) is 9.49. The van der Waals surface area contributed by atoms with Crippen LogP contribution in [0.5, 0.6) is 0 Å². The van der Waals surface area contributed by atoms with Gasteiger partial charge in [0.1, 0.15) is 24.2 Å². The third-order valence-electron chi connectivity index (χ3n) is 12.8. The second-order valence-corrected chi connectivity index (χ2v) is 17.0. The van der Waals surface area contributed by atoms with Gasteiger partial charge in [-0.1, -0.05) is 24.0 Å². The smallest absolute Gasteiger partial charge is 0.284 e. The Balaban J connectivity index is 0.756. The van der Waals surface area contributed by atoms with Gasteiger partial charge in [-0.05, 0) is 56.6 Å². The van der Waals surface area contributed by atoms with Gasteiger partial charge < -0.3 is 24.8 Å². The first-order valence-corrected chi connectivity index (χ1v) is 21.8. The molecule has 5 aromatic rings. The molecule has 4 aromatic heterocycles. The van der Waals surface area contributed by atoms with Crippen LogP contribution in [0.2, 0.25) is 0 Å². The van der Waals surface area contributed by atoms with Crippen molar-refractivity contribution in [2.24, 2.45) is 13.0 Å². The number of fused-ring (bicyclic) bond motifs is 2. The van der Waals surface area contributed by atoms with Crippen LogP contribution >= 0.6 is 0 Å². The monoisotopic (exact) mass is 885 g/mol. The van der Waals surface area contributed by atoms with E-state index >= 15 is 4.39 Å². The van der Waals surface area contributed by atoms with E-state index in [0.29, 0.717) is 74.9 Å². The Morgan fingerprint density at radius 1 is 1.09 bits per heavy atom. The highest BCUT2D eigenvalue weighted by molar-refractivity contribution is 6.08. The molecule has 1 aliphatic carbocycles. The zero-order chi connectivity index (χ0) is 44.5. The molecule has 1 saturated carbocycles. The van der Waals surface area contributed by atoms with E-state index in [9.17, 15) is 28.3 Å². The lowest BCUT2D eigenvalue weighted by Crippen LogP contribution is -2.47. The van der Waals surface area contributed by atoms with Crippen LogP contribution in [0.25, 0.3) is 16.6 Å². The number of hydrogen-bond acceptors (Lipinski definition) is 12. The summed E-state index contributed by atoms with van der Waals surface area (Å²) >= 11 is 0. The summed E-state index contributed by atoms with van der Waals surface area (Å²) in [5, 5.41) is 28.5. The third-order valence-corrected chi connectivity index (χ3v) is 12.8. The quantitative estimate of drug-likeness (QED) is 0.129. The van der Waals surface area contributed by atoms with E-state index in [1.807, 2.05) is 23.1 Å². The molecule has 3 amide bonds. The fraction of sp³-hybridized carbons (Fsp3) is 0.523. The molecule has 0 spiro atoms. The summed E-state index contributed by atoms with van der Waals surface area (Å²) in [5.74, 6) is 5.25. The van der Waals surface area contributed by atoms with Gasteiger partial charge in [0.15, 0.2) is 11.3 Å².